The molecule has 0 saturated carbocycles. The van der Waals surface area contributed by atoms with E-state index in [-0.39, 0.29) is 24.2 Å². The minimum Gasteiger partial charge on any atom is -0.377 e. The van der Waals surface area contributed by atoms with Crippen LogP contribution in [0.3, 0.4) is 0 Å². The number of ether oxygens (including phenoxy) is 1. The van der Waals surface area contributed by atoms with Crippen LogP contribution in [-0.2, 0) is 16.1 Å². The number of benzene rings is 1. The molecule has 0 aliphatic carbocycles. The molecule has 0 radical (unpaired) electrons. The summed E-state index contributed by atoms with van der Waals surface area (Å²) in [6.45, 7) is 4.97. The molecule has 2 N–H and O–H groups in total. The number of hydrogen-bond acceptors (Lipinski definition) is 3. The summed E-state index contributed by atoms with van der Waals surface area (Å²) >= 11 is 0. The van der Waals surface area contributed by atoms with E-state index in [0.717, 1.165) is 30.8 Å². The second kappa shape index (κ2) is 8.15. The summed E-state index contributed by atoms with van der Waals surface area (Å²) in [6, 6.07) is 7.82. The molecule has 1 atom stereocenters. The number of nitrogens with one attached hydrogen (secondary N) is 2. The number of anilines is 1. The van der Waals surface area contributed by atoms with Gasteiger partial charge in [0.2, 0.25) is 5.91 Å². The summed E-state index contributed by atoms with van der Waals surface area (Å²) in [6.07, 6.45) is 0.921. The third kappa shape index (κ3) is 4.82. The van der Waals surface area contributed by atoms with Crippen LogP contribution in [0.25, 0.3) is 0 Å². The fraction of sp³-hybridized carbons (Fsp3) is 0.500. The Morgan fingerprint density at radius 1 is 1.53 bits per heavy atom. The summed E-state index contributed by atoms with van der Waals surface area (Å²) in [5, 5.41) is 6.16. The van der Waals surface area contributed by atoms with Gasteiger partial charge >= 0.3 is 0 Å². The van der Waals surface area contributed by atoms with Crippen molar-refractivity contribution in [3.63, 3.8) is 0 Å². The van der Waals surface area contributed by atoms with E-state index >= 15 is 0 Å². The van der Waals surface area contributed by atoms with Gasteiger partial charge in [0.05, 0.1) is 12.5 Å². The van der Waals surface area contributed by atoms with E-state index in [2.05, 4.69) is 10.6 Å². The van der Waals surface area contributed by atoms with Crippen LogP contribution in [-0.4, -0.2) is 25.6 Å². The molecule has 5 heteroatoms. The van der Waals surface area contributed by atoms with Crippen LogP contribution >= 0.6 is 12.4 Å². The summed E-state index contributed by atoms with van der Waals surface area (Å²) < 4.78 is 5.36. The summed E-state index contributed by atoms with van der Waals surface area (Å²) in [7, 11) is 0. The number of carbonyl (C=O) groups is 1. The summed E-state index contributed by atoms with van der Waals surface area (Å²) in [5.41, 5.74) is 1.93. The first kappa shape index (κ1) is 16.0. The Morgan fingerprint density at radius 3 is 3.05 bits per heavy atom. The molecule has 1 aromatic rings. The van der Waals surface area contributed by atoms with E-state index in [0.29, 0.717) is 13.2 Å². The lowest BCUT2D eigenvalue weighted by Gasteiger charge is -2.11. The van der Waals surface area contributed by atoms with Gasteiger partial charge in [-0.1, -0.05) is 12.1 Å². The maximum absolute atomic E-state index is 12.0. The molecule has 1 heterocycles. The Labute approximate surface area is 120 Å². The van der Waals surface area contributed by atoms with Gasteiger partial charge in [0.15, 0.2) is 0 Å². The standard InChI is InChI=1S/C14H20N2O2.ClH/c1-2-18-10-11-4-3-5-13(8-11)16-14(17)12-6-7-15-9-12;/h3-5,8,12,15H,2,6-7,9-10H2,1H3,(H,16,17);1H. The zero-order valence-corrected chi connectivity index (χ0v) is 12.0. The average molecular weight is 285 g/mol. The van der Waals surface area contributed by atoms with Crippen LogP contribution in [0.15, 0.2) is 24.3 Å². The number of hydrogen-bond donors (Lipinski definition) is 2. The monoisotopic (exact) mass is 284 g/mol. The van der Waals surface area contributed by atoms with Gasteiger partial charge in [-0.25, -0.2) is 0 Å². The highest BCUT2D eigenvalue weighted by Gasteiger charge is 2.22. The minimum absolute atomic E-state index is 0. The molecule has 2 rings (SSSR count). The molecule has 1 amide bonds. The molecule has 1 saturated heterocycles. The van der Waals surface area contributed by atoms with Crippen LogP contribution in [0.5, 0.6) is 0 Å². The van der Waals surface area contributed by atoms with Crippen LogP contribution in [0.4, 0.5) is 5.69 Å². The average Bonchev–Trinajstić information content (AvgIpc) is 2.91. The highest BCUT2D eigenvalue weighted by atomic mass is 35.5. The quantitative estimate of drug-likeness (QED) is 0.871. The number of amides is 1. The lowest BCUT2D eigenvalue weighted by Crippen LogP contribution is -2.24. The second-order valence-corrected chi connectivity index (χ2v) is 4.52. The van der Waals surface area contributed by atoms with E-state index in [1.807, 2.05) is 31.2 Å². The van der Waals surface area contributed by atoms with Gasteiger partial charge in [0, 0.05) is 18.8 Å². The molecule has 1 unspecified atom stereocenters. The fourth-order valence-electron chi connectivity index (χ4n) is 2.08. The molecule has 4 nitrogen and oxygen atoms in total. The maximum atomic E-state index is 12.0. The largest absolute Gasteiger partial charge is 0.377 e. The first-order valence-corrected chi connectivity index (χ1v) is 6.48. The lowest BCUT2D eigenvalue weighted by atomic mass is 10.1. The molecule has 0 spiro atoms. The van der Waals surface area contributed by atoms with Crippen molar-refractivity contribution < 1.29 is 9.53 Å². The fourth-order valence-corrected chi connectivity index (χ4v) is 2.08. The molecule has 1 fully saturated rings. The van der Waals surface area contributed by atoms with Gasteiger partial charge in [-0.2, -0.15) is 0 Å². The summed E-state index contributed by atoms with van der Waals surface area (Å²) in [4.78, 5) is 12.0. The van der Waals surface area contributed by atoms with E-state index in [1.165, 1.54) is 0 Å². The molecule has 0 aromatic heterocycles. The van der Waals surface area contributed by atoms with Crippen LogP contribution < -0.4 is 10.6 Å². The van der Waals surface area contributed by atoms with Crippen LogP contribution in [0.2, 0.25) is 0 Å². The van der Waals surface area contributed by atoms with Crippen molar-refractivity contribution in [3.8, 4) is 0 Å². The van der Waals surface area contributed by atoms with Crippen molar-refractivity contribution in [1.82, 2.24) is 5.32 Å². The van der Waals surface area contributed by atoms with Gasteiger partial charge in [-0.05, 0) is 37.6 Å². The molecule has 106 valence electrons. The lowest BCUT2D eigenvalue weighted by molar-refractivity contribution is -0.119. The minimum atomic E-state index is 0. The molecular weight excluding hydrogens is 264 g/mol. The van der Waals surface area contributed by atoms with Gasteiger partial charge < -0.3 is 15.4 Å². The predicted molar refractivity (Wildman–Crippen MR) is 78.6 cm³/mol. The first-order valence-electron chi connectivity index (χ1n) is 6.48. The normalized spacial score (nSPS) is 17.8. The van der Waals surface area contributed by atoms with Crippen molar-refractivity contribution in [2.24, 2.45) is 5.92 Å². The zero-order chi connectivity index (χ0) is 12.8. The Balaban J connectivity index is 0.00000180. The number of carbonyl (C=O) groups excluding carboxylic acids is 1. The zero-order valence-electron chi connectivity index (χ0n) is 11.1. The smallest absolute Gasteiger partial charge is 0.228 e. The van der Waals surface area contributed by atoms with E-state index < -0.39 is 0 Å². The third-order valence-electron chi connectivity index (χ3n) is 3.10. The predicted octanol–water partition coefficient (Wildman–Crippen LogP) is 2.19. The molecule has 0 bridgehead atoms. The van der Waals surface area contributed by atoms with Crippen molar-refractivity contribution in [2.75, 3.05) is 25.0 Å². The first-order chi connectivity index (χ1) is 8.79. The van der Waals surface area contributed by atoms with Gasteiger partial charge in [-0.15, -0.1) is 12.4 Å². The van der Waals surface area contributed by atoms with Crippen molar-refractivity contribution >= 4 is 24.0 Å². The van der Waals surface area contributed by atoms with Crippen molar-refractivity contribution in [2.45, 2.75) is 20.0 Å². The highest BCUT2D eigenvalue weighted by molar-refractivity contribution is 5.92. The molecule has 1 aliphatic rings. The molecule has 19 heavy (non-hydrogen) atoms. The Kier molecular flexibility index (Phi) is 6.84. The highest BCUT2D eigenvalue weighted by Crippen LogP contribution is 2.15. The Bertz CT molecular complexity index is 406. The van der Waals surface area contributed by atoms with Crippen molar-refractivity contribution in [1.29, 1.82) is 0 Å². The Hall–Kier alpha value is -1.10. The topological polar surface area (TPSA) is 50.4 Å². The van der Waals surface area contributed by atoms with Crippen LogP contribution in [0.1, 0.15) is 18.9 Å². The molecular formula is C14H21ClN2O2. The number of halogens is 1. The summed E-state index contributed by atoms with van der Waals surface area (Å²) in [5.74, 6) is 0.203. The van der Waals surface area contributed by atoms with Crippen molar-refractivity contribution in [3.05, 3.63) is 29.8 Å². The van der Waals surface area contributed by atoms with E-state index in [4.69, 9.17) is 4.74 Å². The van der Waals surface area contributed by atoms with Gasteiger partial charge in [0.1, 0.15) is 0 Å². The second-order valence-electron chi connectivity index (χ2n) is 4.52. The van der Waals surface area contributed by atoms with Gasteiger partial charge in [0.25, 0.3) is 0 Å². The Morgan fingerprint density at radius 2 is 2.37 bits per heavy atom. The van der Waals surface area contributed by atoms with E-state index in [9.17, 15) is 4.79 Å². The SMILES string of the molecule is CCOCc1cccc(NC(=O)C2CCNC2)c1.Cl. The molecule has 1 aliphatic heterocycles. The van der Waals surface area contributed by atoms with Crippen LogP contribution in [0, 0.1) is 5.92 Å². The molecule has 1 aromatic carbocycles. The third-order valence-corrected chi connectivity index (χ3v) is 3.10. The van der Waals surface area contributed by atoms with Gasteiger partial charge in [-0.3, -0.25) is 4.79 Å². The maximum Gasteiger partial charge on any atom is 0.228 e. The van der Waals surface area contributed by atoms with E-state index in [1.54, 1.807) is 0 Å². The number of rotatable bonds is 5.